The monoisotopic (exact) mass is 331 g/mol. The van der Waals surface area contributed by atoms with Gasteiger partial charge in [-0.05, 0) is 17.9 Å². The van der Waals surface area contributed by atoms with Crippen molar-refractivity contribution in [3.05, 3.63) is 52.0 Å². The molecular formula is C18H25N3OS. The number of aromatic nitrogens is 1. The van der Waals surface area contributed by atoms with Crippen molar-refractivity contribution < 1.29 is 4.79 Å². The molecular weight excluding hydrogens is 306 g/mol. The molecule has 1 aromatic heterocycles. The molecule has 4 nitrogen and oxygen atoms in total. The fourth-order valence-electron chi connectivity index (χ4n) is 2.39. The minimum atomic E-state index is -0.0161. The van der Waals surface area contributed by atoms with Gasteiger partial charge in [0.25, 0.3) is 5.91 Å². The molecule has 1 heterocycles. The number of rotatable bonds is 8. The van der Waals surface area contributed by atoms with Crippen molar-refractivity contribution in [2.75, 3.05) is 19.6 Å². The van der Waals surface area contributed by atoms with E-state index in [0.717, 1.165) is 17.8 Å². The van der Waals surface area contributed by atoms with Crippen LogP contribution in [0.2, 0.25) is 0 Å². The lowest BCUT2D eigenvalue weighted by atomic mass is 10.1. The smallest absolute Gasteiger partial charge is 0.273 e. The molecule has 0 atom stereocenters. The van der Waals surface area contributed by atoms with Gasteiger partial charge in [-0.2, -0.15) is 0 Å². The first-order chi connectivity index (χ1) is 11.1. The second-order valence-corrected chi connectivity index (χ2v) is 6.98. The number of nitrogens with zero attached hydrogens (tertiary/aromatic N) is 2. The highest BCUT2D eigenvalue weighted by Crippen LogP contribution is 2.16. The number of carbonyl (C=O) groups excluding carboxylic acids is 1. The molecule has 0 aliphatic heterocycles. The van der Waals surface area contributed by atoms with Gasteiger partial charge in [0.2, 0.25) is 0 Å². The van der Waals surface area contributed by atoms with E-state index in [1.54, 1.807) is 16.2 Å². The van der Waals surface area contributed by atoms with Crippen LogP contribution in [0.25, 0.3) is 0 Å². The highest BCUT2D eigenvalue weighted by Gasteiger charge is 2.18. The van der Waals surface area contributed by atoms with Gasteiger partial charge in [0.05, 0.1) is 5.01 Å². The number of carbonyl (C=O) groups is 1. The summed E-state index contributed by atoms with van der Waals surface area (Å²) in [5.74, 6) is 0.528. The molecule has 124 valence electrons. The Bertz CT molecular complexity index is 610. The van der Waals surface area contributed by atoms with E-state index in [1.165, 1.54) is 5.56 Å². The second kappa shape index (κ2) is 8.79. The molecule has 2 N–H and O–H groups in total. The maximum Gasteiger partial charge on any atom is 0.273 e. The van der Waals surface area contributed by atoms with Crippen LogP contribution in [-0.2, 0) is 12.8 Å². The third kappa shape index (κ3) is 5.44. The molecule has 0 spiro atoms. The summed E-state index contributed by atoms with van der Waals surface area (Å²) in [5, 5.41) is 2.89. The van der Waals surface area contributed by atoms with Crippen LogP contribution in [0.5, 0.6) is 0 Å². The van der Waals surface area contributed by atoms with Gasteiger partial charge in [-0.15, -0.1) is 11.3 Å². The van der Waals surface area contributed by atoms with Crippen LogP contribution in [0.4, 0.5) is 0 Å². The molecule has 23 heavy (non-hydrogen) atoms. The molecule has 0 aliphatic carbocycles. The van der Waals surface area contributed by atoms with Crippen LogP contribution < -0.4 is 5.73 Å². The molecule has 2 aromatic rings. The summed E-state index contributed by atoms with van der Waals surface area (Å²) in [6, 6.07) is 10.2. The van der Waals surface area contributed by atoms with E-state index < -0.39 is 0 Å². The van der Waals surface area contributed by atoms with E-state index in [0.29, 0.717) is 31.2 Å². The summed E-state index contributed by atoms with van der Waals surface area (Å²) in [6.45, 7) is 6.00. The fraction of sp³-hybridized carbons (Fsp3) is 0.444. The lowest BCUT2D eigenvalue weighted by Gasteiger charge is -2.21. The summed E-state index contributed by atoms with van der Waals surface area (Å²) in [7, 11) is 0. The Morgan fingerprint density at radius 2 is 2.00 bits per heavy atom. The Morgan fingerprint density at radius 1 is 1.26 bits per heavy atom. The second-order valence-electron chi connectivity index (χ2n) is 6.04. The molecule has 5 heteroatoms. The van der Waals surface area contributed by atoms with E-state index in [1.807, 2.05) is 23.6 Å². The van der Waals surface area contributed by atoms with Gasteiger partial charge < -0.3 is 10.6 Å². The van der Waals surface area contributed by atoms with Crippen molar-refractivity contribution in [2.24, 2.45) is 11.7 Å². The Morgan fingerprint density at radius 3 is 2.65 bits per heavy atom. The summed E-state index contributed by atoms with van der Waals surface area (Å²) >= 11 is 1.57. The highest BCUT2D eigenvalue weighted by molar-refractivity contribution is 7.09. The Balaban J connectivity index is 2.01. The minimum Gasteiger partial charge on any atom is -0.336 e. The molecule has 0 saturated heterocycles. The quantitative estimate of drug-likeness (QED) is 0.809. The van der Waals surface area contributed by atoms with E-state index >= 15 is 0 Å². The largest absolute Gasteiger partial charge is 0.336 e. The number of hydrogen-bond donors (Lipinski definition) is 1. The van der Waals surface area contributed by atoms with Crippen molar-refractivity contribution in [3.8, 4) is 0 Å². The number of benzene rings is 1. The lowest BCUT2D eigenvalue weighted by molar-refractivity contribution is 0.0757. The number of amides is 1. The minimum absolute atomic E-state index is 0.0161. The summed E-state index contributed by atoms with van der Waals surface area (Å²) in [4.78, 5) is 19.0. The highest BCUT2D eigenvalue weighted by atomic mass is 32.1. The number of hydrogen-bond acceptors (Lipinski definition) is 4. The zero-order valence-corrected chi connectivity index (χ0v) is 14.7. The third-order valence-corrected chi connectivity index (χ3v) is 4.42. The van der Waals surface area contributed by atoms with Gasteiger partial charge in [-0.25, -0.2) is 4.98 Å². The van der Waals surface area contributed by atoms with Crippen LogP contribution >= 0.6 is 11.3 Å². The maximum absolute atomic E-state index is 12.7. The molecule has 0 radical (unpaired) electrons. The first-order valence-electron chi connectivity index (χ1n) is 8.07. The topological polar surface area (TPSA) is 59.2 Å². The van der Waals surface area contributed by atoms with Gasteiger partial charge in [-0.1, -0.05) is 44.2 Å². The average Bonchev–Trinajstić information content (AvgIpc) is 2.99. The molecule has 0 bridgehead atoms. The molecule has 2 rings (SSSR count). The molecule has 0 saturated carbocycles. The Hall–Kier alpha value is -1.72. The van der Waals surface area contributed by atoms with Gasteiger partial charge in [0.1, 0.15) is 5.69 Å². The molecule has 0 aliphatic rings. The van der Waals surface area contributed by atoms with Crippen LogP contribution in [0.15, 0.2) is 35.7 Å². The van der Waals surface area contributed by atoms with Crippen LogP contribution in [0.1, 0.15) is 34.9 Å². The van der Waals surface area contributed by atoms with E-state index in [9.17, 15) is 4.79 Å². The van der Waals surface area contributed by atoms with E-state index in [2.05, 4.69) is 31.0 Å². The Labute approximate surface area is 142 Å². The fourth-order valence-corrected chi connectivity index (χ4v) is 3.38. The van der Waals surface area contributed by atoms with Crippen molar-refractivity contribution in [2.45, 2.75) is 26.7 Å². The first-order valence-corrected chi connectivity index (χ1v) is 8.95. The summed E-state index contributed by atoms with van der Waals surface area (Å²) in [6.07, 6.45) is 1.74. The predicted molar refractivity (Wildman–Crippen MR) is 95.8 cm³/mol. The van der Waals surface area contributed by atoms with Gasteiger partial charge in [-0.3, -0.25) is 4.79 Å². The molecule has 0 fully saturated rings. The molecule has 1 aromatic carbocycles. The number of nitrogens with two attached hydrogens (primary N) is 1. The SMILES string of the molecule is CC(C)Cc1nc(C(=O)N(CCN)CCc2ccccc2)cs1. The molecule has 1 amide bonds. The van der Waals surface area contributed by atoms with Crippen molar-refractivity contribution in [3.63, 3.8) is 0 Å². The molecule has 0 unspecified atom stereocenters. The van der Waals surface area contributed by atoms with E-state index in [4.69, 9.17) is 5.73 Å². The Kier molecular flexibility index (Phi) is 6.74. The van der Waals surface area contributed by atoms with Gasteiger partial charge >= 0.3 is 0 Å². The lowest BCUT2D eigenvalue weighted by Crippen LogP contribution is -2.37. The van der Waals surface area contributed by atoms with Crippen molar-refractivity contribution in [1.82, 2.24) is 9.88 Å². The third-order valence-electron chi connectivity index (χ3n) is 3.55. The summed E-state index contributed by atoms with van der Waals surface area (Å²) in [5.41, 5.74) is 7.45. The van der Waals surface area contributed by atoms with E-state index in [-0.39, 0.29) is 5.91 Å². The number of thiazole rings is 1. The van der Waals surface area contributed by atoms with Crippen LogP contribution in [0.3, 0.4) is 0 Å². The average molecular weight is 331 g/mol. The van der Waals surface area contributed by atoms with Crippen LogP contribution in [-0.4, -0.2) is 35.4 Å². The van der Waals surface area contributed by atoms with Crippen molar-refractivity contribution in [1.29, 1.82) is 0 Å². The zero-order valence-electron chi connectivity index (χ0n) is 13.9. The van der Waals surface area contributed by atoms with Crippen LogP contribution in [0, 0.1) is 5.92 Å². The van der Waals surface area contributed by atoms with Gasteiger partial charge in [0, 0.05) is 31.4 Å². The summed E-state index contributed by atoms with van der Waals surface area (Å²) < 4.78 is 0. The van der Waals surface area contributed by atoms with Crippen molar-refractivity contribution >= 4 is 17.2 Å². The maximum atomic E-state index is 12.7. The predicted octanol–water partition coefficient (Wildman–Crippen LogP) is 2.99. The van der Waals surface area contributed by atoms with Gasteiger partial charge in [0.15, 0.2) is 0 Å². The zero-order chi connectivity index (χ0) is 16.7. The normalized spacial score (nSPS) is 11.0. The standard InChI is InChI=1S/C18H25N3OS/c1-14(2)12-17-20-16(13-23-17)18(22)21(11-9-19)10-8-15-6-4-3-5-7-15/h3-7,13-14H,8-12,19H2,1-2H3. The first kappa shape index (κ1) is 17.6.